The topological polar surface area (TPSA) is 36.1 Å². The van der Waals surface area contributed by atoms with Crippen LogP contribution < -0.4 is 16.0 Å². The molecule has 0 heterocycles. The zero-order chi connectivity index (χ0) is 12.8. The Bertz CT molecular complexity index is 137. The lowest BCUT2D eigenvalue weighted by Gasteiger charge is -2.08. The van der Waals surface area contributed by atoms with Gasteiger partial charge >= 0.3 is 0 Å². The molecule has 17 heavy (non-hydrogen) atoms. The van der Waals surface area contributed by atoms with Gasteiger partial charge in [-0.3, -0.25) is 0 Å². The normalized spacial score (nSPS) is 11.3. The van der Waals surface area contributed by atoms with E-state index in [9.17, 15) is 0 Å². The van der Waals surface area contributed by atoms with Crippen molar-refractivity contribution in [1.29, 1.82) is 0 Å². The zero-order valence-corrected chi connectivity index (χ0v) is 12.1. The quantitative estimate of drug-likeness (QED) is 0.433. The minimum absolute atomic E-state index is 0.761. The molecule has 0 bridgehead atoms. The van der Waals surface area contributed by atoms with Gasteiger partial charge in [-0.05, 0) is 64.4 Å². The van der Waals surface area contributed by atoms with Gasteiger partial charge in [0.05, 0.1) is 0 Å². The molecule has 0 unspecified atom stereocenters. The van der Waals surface area contributed by atoms with Crippen molar-refractivity contribution in [3.05, 3.63) is 0 Å². The van der Waals surface area contributed by atoms with E-state index in [2.05, 4.69) is 36.7 Å². The van der Waals surface area contributed by atoms with Crippen LogP contribution in [0, 0.1) is 5.92 Å². The standard InChI is InChI=1S/C14H33N3/c1-4-5-8-15-9-6-10-16-11-7-12-17-13-14(2)3/h14-17H,4-13H2,1-3H3. The van der Waals surface area contributed by atoms with Crippen LogP contribution in [0.15, 0.2) is 0 Å². The van der Waals surface area contributed by atoms with E-state index in [1.807, 2.05) is 0 Å². The van der Waals surface area contributed by atoms with Crippen LogP contribution in [0.2, 0.25) is 0 Å². The van der Waals surface area contributed by atoms with Gasteiger partial charge in [-0.1, -0.05) is 27.2 Å². The summed E-state index contributed by atoms with van der Waals surface area (Å²) in [7, 11) is 0. The molecule has 0 aliphatic carbocycles. The van der Waals surface area contributed by atoms with Crippen LogP contribution in [0.4, 0.5) is 0 Å². The van der Waals surface area contributed by atoms with Gasteiger partial charge in [0, 0.05) is 0 Å². The van der Waals surface area contributed by atoms with Crippen molar-refractivity contribution in [2.45, 2.75) is 46.5 Å². The Kier molecular flexibility index (Phi) is 13.8. The predicted octanol–water partition coefficient (Wildman–Crippen LogP) is 1.99. The van der Waals surface area contributed by atoms with Crippen molar-refractivity contribution in [2.75, 3.05) is 39.3 Å². The number of nitrogens with one attached hydrogen (secondary N) is 3. The summed E-state index contributed by atoms with van der Waals surface area (Å²) in [6.07, 6.45) is 5.06. The van der Waals surface area contributed by atoms with Gasteiger partial charge in [0.2, 0.25) is 0 Å². The third-order valence-corrected chi connectivity index (χ3v) is 2.67. The summed E-state index contributed by atoms with van der Waals surface area (Å²) in [6.45, 7) is 13.6. The average molecular weight is 243 g/mol. The number of unbranched alkanes of at least 4 members (excludes halogenated alkanes) is 1. The first kappa shape index (κ1) is 16.9. The monoisotopic (exact) mass is 243 g/mol. The summed E-state index contributed by atoms with van der Waals surface area (Å²) in [5, 5.41) is 10.4. The highest BCUT2D eigenvalue weighted by Gasteiger charge is 1.92. The maximum atomic E-state index is 3.48. The third kappa shape index (κ3) is 15.9. The second-order valence-corrected chi connectivity index (χ2v) is 5.16. The molecule has 3 N–H and O–H groups in total. The van der Waals surface area contributed by atoms with Gasteiger partial charge in [0.1, 0.15) is 0 Å². The van der Waals surface area contributed by atoms with Crippen LogP contribution in [-0.4, -0.2) is 39.3 Å². The Labute approximate surface area is 108 Å². The van der Waals surface area contributed by atoms with Crippen molar-refractivity contribution in [1.82, 2.24) is 16.0 Å². The van der Waals surface area contributed by atoms with Crippen LogP contribution >= 0.6 is 0 Å². The molecule has 0 aromatic rings. The molecule has 0 amide bonds. The highest BCUT2D eigenvalue weighted by Crippen LogP contribution is 1.87. The van der Waals surface area contributed by atoms with Gasteiger partial charge in [-0.2, -0.15) is 0 Å². The van der Waals surface area contributed by atoms with Crippen LogP contribution in [0.1, 0.15) is 46.5 Å². The summed E-state index contributed by atoms with van der Waals surface area (Å²) in [5.74, 6) is 0.761. The van der Waals surface area contributed by atoms with Crippen molar-refractivity contribution in [2.24, 2.45) is 5.92 Å². The smallest absolute Gasteiger partial charge is 0.00258 e. The van der Waals surface area contributed by atoms with E-state index < -0.39 is 0 Å². The highest BCUT2D eigenvalue weighted by atomic mass is 14.9. The summed E-state index contributed by atoms with van der Waals surface area (Å²) in [6, 6.07) is 0. The summed E-state index contributed by atoms with van der Waals surface area (Å²) < 4.78 is 0. The molecular weight excluding hydrogens is 210 g/mol. The van der Waals surface area contributed by atoms with Crippen molar-refractivity contribution < 1.29 is 0 Å². The van der Waals surface area contributed by atoms with Crippen LogP contribution in [0.25, 0.3) is 0 Å². The largest absolute Gasteiger partial charge is 0.317 e. The van der Waals surface area contributed by atoms with Crippen LogP contribution in [0.3, 0.4) is 0 Å². The first-order chi connectivity index (χ1) is 8.27. The fourth-order valence-corrected chi connectivity index (χ4v) is 1.62. The Hall–Kier alpha value is -0.120. The van der Waals surface area contributed by atoms with Crippen molar-refractivity contribution in [3.63, 3.8) is 0 Å². The molecule has 0 aromatic heterocycles. The lowest BCUT2D eigenvalue weighted by Crippen LogP contribution is -2.26. The van der Waals surface area contributed by atoms with E-state index >= 15 is 0 Å². The second-order valence-electron chi connectivity index (χ2n) is 5.16. The molecule has 0 aromatic carbocycles. The lowest BCUT2D eigenvalue weighted by molar-refractivity contribution is 0.524. The maximum absolute atomic E-state index is 3.48. The number of rotatable bonds is 13. The predicted molar refractivity (Wildman–Crippen MR) is 77.6 cm³/mol. The van der Waals surface area contributed by atoms with Crippen molar-refractivity contribution >= 4 is 0 Å². The molecule has 3 nitrogen and oxygen atoms in total. The van der Waals surface area contributed by atoms with Gasteiger partial charge in [-0.25, -0.2) is 0 Å². The van der Waals surface area contributed by atoms with E-state index in [1.165, 1.54) is 32.2 Å². The first-order valence-corrected chi connectivity index (χ1v) is 7.39. The highest BCUT2D eigenvalue weighted by molar-refractivity contribution is 4.55. The summed E-state index contributed by atoms with van der Waals surface area (Å²) in [5.41, 5.74) is 0. The van der Waals surface area contributed by atoms with E-state index in [4.69, 9.17) is 0 Å². The molecule has 0 saturated carbocycles. The minimum Gasteiger partial charge on any atom is -0.317 e. The molecule has 0 aliphatic heterocycles. The van der Waals surface area contributed by atoms with Crippen LogP contribution in [-0.2, 0) is 0 Å². The Balaban J connectivity index is 2.89. The van der Waals surface area contributed by atoms with E-state index in [-0.39, 0.29) is 0 Å². The van der Waals surface area contributed by atoms with E-state index in [0.29, 0.717) is 0 Å². The SMILES string of the molecule is CCCCNCCCNCCCNCC(C)C. The third-order valence-electron chi connectivity index (χ3n) is 2.67. The Morgan fingerprint density at radius 1 is 0.706 bits per heavy atom. The van der Waals surface area contributed by atoms with Crippen molar-refractivity contribution in [3.8, 4) is 0 Å². The molecule has 0 radical (unpaired) electrons. The molecule has 0 rings (SSSR count). The molecule has 0 fully saturated rings. The fraction of sp³-hybridized carbons (Fsp3) is 1.00. The molecule has 0 atom stereocenters. The maximum Gasteiger partial charge on any atom is -0.00258 e. The van der Waals surface area contributed by atoms with Crippen LogP contribution in [0.5, 0.6) is 0 Å². The average Bonchev–Trinajstić information content (AvgIpc) is 2.30. The molecule has 0 spiro atoms. The van der Waals surface area contributed by atoms with Gasteiger partial charge in [0.25, 0.3) is 0 Å². The number of hydrogen-bond acceptors (Lipinski definition) is 3. The van der Waals surface area contributed by atoms with E-state index in [0.717, 1.165) is 38.6 Å². The zero-order valence-electron chi connectivity index (χ0n) is 12.1. The second kappa shape index (κ2) is 13.9. The Morgan fingerprint density at radius 2 is 1.18 bits per heavy atom. The fourth-order valence-electron chi connectivity index (χ4n) is 1.62. The Morgan fingerprint density at radius 3 is 1.65 bits per heavy atom. The molecule has 3 heteroatoms. The summed E-state index contributed by atoms with van der Waals surface area (Å²) >= 11 is 0. The number of hydrogen-bond donors (Lipinski definition) is 3. The molecular formula is C14H33N3. The first-order valence-electron chi connectivity index (χ1n) is 7.39. The molecule has 0 saturated heterocycles. The van der Waals surface area contributed by atoms with Gasteiger partial charge < -0.3 is 16.0 Å². The molecule has 0 aliphatic rings. The van der Waals surface area contributed by atoms with Gasteiger partial charge in [-0.15, -0.1) is 0 Å². The lowest BCUT2D eigenvalue weighted by atomic mass is 10.2. The van der Waals surface area contributed by atoms with Gasteiger partial charge in [0.15, 0.2) is 0 Å². The van der Waals surface area contributed by atoms with E-state index in [1.54, 1.807) is 0 Å². The molecule has 104 valence electrons. The summed E-state index contributed by atoms with van der Waals surface area (Å²) in [4.78, 5) is 0. The minimum atomic E-state index is 0.761.